The van der Waals surface area contributed by atoms with Crippen LogP contribution in [0, 0.1) is 0 Å². The van der Waals surface area contributed by atoms with E-state index in [-0.39, 0.29) is 6.23 Å². The minimum absolute atomic E-state index is 0.353. The number of hydrogen-bond acceptors (Lipinski definition) is 4. The number of alkyl halides is 1. The van der Waals surface area contributed by atoms with Crippen molar-refractivity contribution < 1.29 is 4.74 Å². The molecule has 2 heterocycles. The van der Waals surface area contributed by atoms with Gasteiger partial charge in [-0.05, 0) is 31.5 Å². The maximum Gasteiger partial charge on any atom is 0.265 e. The Morgan fingerprint density at radius 1 is 1.27 bits per heavy atom. The van der Waals surface area contributed by atoms with Gasteiger partial charge >= 0.3 is 0 Å². The summed E-state index contributed by atoms with van der Waals surface area (Å²) in [6.45, 7) is 1.59. The van der Waals surface area contributed by atoms with Crippen LogP contribution in [0.4, 0.5) is 0 Å². The first-order valence-electron chi connectivity index (χ1n) is 5.11. The monoisotopic (exact) mass is 227 g/mol. The molecule has 0 aromatic rings. The highest BCUT2D eigenvalue weighted by atomic mass is 35.5. The molecule has 0 aliphatic carbocycles. The van der Waals surface area contributed by atoms with Gasteiger partial charge in [-0.3, -0.25) is 5.32 Å². The summed E-state index contributed by atoms with van der Waals surface area (Å²) in [5, 5.41) is 2.15. The van der Waals surface area contributed by atoms with Crippen LogP contribution in [0.5, 0.6) is 0 Å². The summed E-state index contributed by atoms with van der Waals surface area (Å²) < 4.78 is 5.60. The molecule has 0 aromatic carbocycles. The molecule has 2 rings (SSSR count). The van der Waals surface area contributed by atoms with E-state index in [9.17, 15) is 0 Å². The van der Waals surface area contributed by atoms with Gasteiger partial charge in [-0.1, -0.05) is 11.6 Å². The fourth-order valence-electron chi connectivity index (χ4n) is 1.52. The SMILES string of the molecule is ClC1(C2NCCCCO2)N=CC=CC=N1. The summed E-state index contributed by atoms with van der Waals surface area (Å²) >= 11 is 6.31. The molecule has 2 aliphatic rings. The molecule has 1 unspecified atom stereocenters. The van der Waals surface area contributed by atoms with Gasteiger partial charge in [0.05, 0.1) is 0 Å². The maximum absolute atomic E-state index is 6.31. The number of rotatable bonds is 1. The van der Waals surface area contributed by atoms with Gasteiger partial charge in [0.25, 0.3) is 5.12 Å². The molecule has 0 saturated carbocycles. The van der Waals surface area contributed by atoms with Crippen LogP contribution in [0.2, 0.25) is 0 Å². The zero-order chi connectivity index (χ0) is 10.6. The zero-order valence-corrected chi connectivity index (χ0v) is 9.15. The summed E-state index contributed by atoms with van der Waals surface area (Å²) in [4.78, 5) is 8.38. The first-order chi connectivity index (χ1) is 7.31. The van der Waals surface area contributed by atoms with E-state index < -0.39 is 5.12 Å². The molecule has 1 N–H and O–H groups in total. The molecule has 0 bridgehead atoms. The third-order valence-corrected chi connectivity index (χ3v) is 2.71. The second kappa shape index (κ2) is 4.88. The number of nitrogens with zero attached hydrogens (tertiary/aromatic N) is 2. The molecule has 0 radical (unpaired) electrons. The van der Waals surface area contributed by atoms with Crippen molar-refractivity contribution >= 4 is 24.0 Å². The average Bonchev–Trinajstić information content (AvgIpc) is 2.60. The molecular formula is C10H14ClN3O. The minimum atomic E-state index is -1.06. The van der Waals surface area contributed by atoms with Crippen LogP contribution in [0.3, 0.4) is 0 Å². The molecule has 1 saturated heterocycles. The molecule has 0 amide bonds. The van der Waals surface area contributed by atoms with Crippen LogP contribution in [0.25, 0.3) is 0 Å². The smallest absolute Gasteiger partial charge is 0.265 e. The Labute approximate surface area is 94.1 Å². The van der Waals surface area contributed by atoms with Gasteiger partial charge in [0, 0.05) is 19.0 Å². The van der Waals surface area contributed by atoms with E-state index in [1.54, 1.807) is 24.6 Å². The molecule has 2 aliphatic heterocycles. The number of ether oxygens (including phenoxy) is 1. The highest BCUT2D eigenvalue weighted by Gasteiger charge is 2.37. The van der Waals surface area contributed by atoms with Gasteiger partial charge in [-0.15, -0.1) is 0 Å². The lowest BCUT2D eigenvalue weighted by atomic mass is 10.3. The van der Waals surface area contributed by atoms with Gasteiger partial charge in [0.1, 0.15) is 0 Å². The predicted octanol–water partition coefficient (Wildman–Crippen LogP) is 1.32. The fraction of sp³-hybridized carbons (Fsp3) is 0.600. The van der Waals surface area contributed by atoms with E-state index in [4.69, 9.17) is 16.3 Å². The third-order valence-electron chi connectivity index (χ3n) is 2.31. The van der Waals surface area contributed by atoms with E-state index in [0.29, 0.717) is 6.61 Å². The highest BCUT2D eigenvalue weighted by molar-refractivity contribution is 6.25. The van der Waals surface area contributed by atoms with Gasteiger partial charge < -0.3 is 4.74 Å². The topological polar surface area (TPSA) is 46.0 Å². The Balaban J connectivity index is 2.12. The third kappa shape index (κ3) is 2.65. The first-order valence-corrected chi connectivity index (χ1v) is 5.49. The van der Waals surface area contributed by atoms with E-state index >= 15 is 0 Å². The Kier molecular flexibility index (Phi) is 3.51. The second-order valence-electron chi connectivity index (χ2n) is 3.49. The van der Waals surface area contributed by atoms with Crippen molar-refractivity contribution in [1.82, 2.24) is 5.32 Å². The Morgan fingerprint density at radius 3 is 2.73 bits per heavy atom. The summed E-state index contributed by atoms with van der Waals surface area (Å²) in [5.41, 5.74) is 0. The van der Waals surface area contributed by atoms with Crippen molar-refractivity contribution in [3.05, 3.63) is 12.2 Å². The summed E-state index contributed by atoms with van der Waals surface area (Å²) in [6, 6.07) is 0. The summed E-state index contributed by atoms with van der Waals surface area (Å²) in [5.74, 6) is 0. The molecule has 82 valence electrons. The van der Waals surface area contributed by atoms with Gasteiger partial charge in [0.15, 0.2) is 6.23 Å². The van der Waals surface area contributed by atoms with E-state index in [0.717, 1.165) is 19.4 Å². The van der Waals surface area contributed by atoms with Gasteiger partial charge in [-0.2, -0.15) is 0 Å². The van der Waals surface area contributed by atoms with Crippen LogP contribution < -0.4 is 5.32 Å². The van der Waals surface area contributed by atoms with Gasteiger partial charge in [0.2, 0.25) is 0 Å². The number of halogens is 1. The van der Waals surface area contributed by atoms with Crippen molar-refractivity contribution in [3.8, 4) is 0 Å². The van der Waals surface area contributed by atoms with Gasteiger partial charge in [-0.25, -0.2) is 9.98 Å². The standard InChI is InChI=1S/C10H14ClN3O/c11-10(13-6-1-2-7-14-10)9-12-5-3-4-8-15-9/h1-2,6-7,9,12H,3-5,8H2. The van der Waals surface area contributed by atoms with Crippen molar-refractivity contribution in [1.29, 1.82) is 0 Å². The summed E-state index contributed by atoms with van der Waals surface area (Å²) in [6.07, 6.45) is 8.67. The molecular weight excluding hydrogens is 214 g/mol. The van der Waals surface area contributed by atoms with E-state index in [1.807, 2.05) is 0 Å². The largest absolute Gasteiger partial charge is 0.357 e. The van der Waals surface area contributed by atoms with Crippen LogP contribution in [0.1, 0.15) is 12.8 Å². The van der Waals surface area contributed by atoms with Crippen molar-refractivity contribution in [3.63, 3.8) is 0 Å². The predicted molar refractivity (Wildman–Crippen MR) is 61.7 cm³/mol. The zero-order valence-electron chi connectivity index (χ0n) is 8.40. The quantitative estimate of drug-likeness (QED) is 0.543. The van der Waals surface area contributed by atoms with Crippen LogP contribution in [-0.2, 0) is 4.74 Å². The molecule has 1 fully saturated rings. The van der Waals surface area contributed by atoms with Crippen LogP contribution in [0.15, 0.2) is 22.1 Å². The van der Waals surface area contributed by atoms with Crippen molar-refractivity contribution in [2.24, 2.45) is 9.98 Å². The molecule has 4 nitrogen and oxygen atoms in total. The lowest BCUT2D eigenvalue weighted by Crippen LogP contribution is -2.46. The Morgan fingerprint density at radius 2 is 2.00 bits per heavy atom. The van der Waals surface area contributed by atoms with E-state index in [2.05, 4.69) is 15.3 Å². The lowest BCUT2D eigenvalue weighted by molar-refractivity contribution is 0.0163. The molecule has 5 heteroatoms. The average molecular weight is 228 g/mol. The summed E-state index contributed by atoms with van der Waals surface area (Å²) in [7, 11) is 0. The molecule has 0 spiro atoms. The number of hydrogen-bond donors (Lipinski definition) is 1. The molecule has 1 atom stereocenters. The lowest BCUT2D eigenvalue weighted by Gasteiger charge is -2.27. The van der Waals surface area contributed by atoms with Crippen LogP contribution >= 0.6 is 11.6 Å². The van der Waals surface area contributed by atoms with E-state index in [1.165, 1.54) is 0 Å². The minimum Gasteiger partial charge on any atom is -0.357 e. The molecule has 0 aromatic heterocycles. The van der Waals surface area contributed by atoms with Crippen molar-refractivity contribution in [2.45, 2.75) is 24.2 Å². The normalized spacial score (nSPS) is 29.8. The van der Waals surface area contributed by atoms with Crippen molar-refractivity contribution in [2.75, 3.05) is 13.2 Å². The maximum atomic E-state index is 6.31. The second-order valence-corrected chi connectivity index (χ2v) is 4.05. The molecule has 15 heavy (non-hydrogen) atoms. The number of nitrogens with one attached hydrogen (secondary N) is 1. The number of aliphatic imine (C=N–C) groups is 2. The van der Waals surface area contributed by atoms with Crippen LogP contribution in [-0.4, -0.2) is 36.9 Å². The fourth-order valence-corrected chi connectivity index (χ4v) is 1.77. The Bertz CT molecular complexity index is 277. The highest BCUT2D eigenvalue weighted by Crippen LogP contribution is 2.26. The Hall–Kier alpha value is -0.710. The first kappa shape index (κ1) is 10.8. The number of allylic oxidation sites excluding steroid dienone is 2.